The van der Waals surface area contributed by atoms with Crippen LogP contribution in [0.4, 0.5) is 5.69 Å². The third-order valence-electron chi connectivity index (χ3n) is 3.45. The van der Waals surface area contributed by atoms with E-state index in [1.165, 1.54) is 0 Å². The van der Waals surface area contributed by atoms with Crippen LogP contribution in [0.15, 0.2) is 47.3 Å². The molecule has 0 saturated carbocycles. The van der Waals surface area contributed by atoms with Gasteiger partial charge in [0.2, 0.25) is 0 Å². The highest BCUT2D eigenvalue weighted by molar-refractivity contribution is 6.05. The van der Waals surface area contributed by atoms with E-state index in [9.17, 15) is 9.59 Å². The van der Waals surface area contributed by atoms with Gasteiger partial charge in [0.15, 0.2) is 0 Å². The molecule has 0 aliphatic rings. The molecule has 0 bridgehead atoms. The van der Waals surface area contributed by atoms with Gasteiger partial charge < -0.3 is 20.0 Å². The van der Waals surface area contributed by atoms with Gasteiger partial charge in [-0.05, 0) is 42.3 Å². The predicted octanol–water partition coefficient (Wildman–Crippen LogP) is 3.14. The SMILES string of the molecule is CC(C)COc1cccc(C(=O)Nc2ccc3[nH]c(=O)[nH]c3c2)c1. The number of carbonyl (C=O) groups excluding carboxylic acids is 1. The average molecular weight is 325 g/mol. The molecule has 3 aromatic rings. The highest BCUT2D eigenvalue weighted by Crippen LogP contribution is 2.18. The van der Waals surface area contributed by atoms with Crippen LogP contribution in [-0.4, -0.2) is 22.5 Å². The van der Waals surface area contributed by atoms with Crippen molar-refractivity contribution in [3.05, 3.63) is 58.5 Å². The van der Waals surface area contributed by atoms with E-state index in [0.717, 1.165) is 0 Å². The highest BCUT2D eigenvalue weighted by Gasteiger charge is 2.09. The smallest absolute Gasteiger partial charge is 0.323 e. The highest BCUT2D eigenvalue weighted by atomic mass is 16.5. The number of ether oxygens (including phenoxy) is 1. The second kappa shape index (κ2) is 6.62. The molecule has 0 spiro atoms. The maximum absolute atomic E-state index is 12.4. The minimum Gasteiger partial charge on any atom is -0.493 e. The first kappa shape index (κ1) is 15.9. The summed E-state index contributed by atoms with van der Waals surface area (Å²) in [4.78, 5) is 29.0. The van der Waals surface area contributed by atoms with E-state index in [0.29, 0.717) is 40.6 Å². The summed E-state index contributed by atoms with van der Waals surface area (Å²) < 4.78 is 5.65. The molecule has 124 valence electrons. The lowest BCUT2D eigenvalue weighted by Crippen LogP contribution is -2.12. The molecule has 0 aliphatic heterocycles. The standard InChI is InChI=1S/C18H19N3O3/c1-11(2)10-24-14-5-3-4-12(8-14)17(22)19-13-6-7-15-16(9-13)21-18(23)20-15/h3-9,11H,10H2,1-2H3,(H,19,22)(H2,20,21,23). The Balaban J connectivity index is 1.75. The van der Waals surface area contributed by atoms with Crippen molar-refractivity contribution in [1.82, 2.24) is 9.97 Å². The van der Waals surface area contributed by atoms with Crippen LogP contribution >= 0.6 is 0 Å². The molecule has 0 aliphatic carbocycles. The molecule has 6 heteroatoms. The molecule has 0 saturated heterocycles. The Morgan fingerprint density at radius 2 is 1.92 bits per heavy atom. The predicted molar refractivity (Wildman–Crippen MR) is 93.6 cm³/mol. The lowest BCUT2D eigenvalue weighted by Gasteiger charge is -2.10. The summed E-state index contributed by atoms with van der Waals surface area (Å²) in [5.74, 6) is 0.849. The van der Waals surface area contributed by atoms with E-state index in [-0.39, 0.29) is 11.6 Å². The van der Waals surface area contributed by atoms with Crippen molar-refractivity contribution in [3.8, 4) is 5.75 Å². The monoisotopic (exact) mass is 325 g/mol. The molecule has 24 heavy (non-hydrogen) atoms. The Kier molecular flexibility index (Phi) is 4.37. The van der Waals surface area contributed by atoms with Gasteiger partial charge in [-0.25, -0.2) is 4.79 Å². The van der Waals surface area contributed by atoms with Crippen LogP contribution in [-0.2, 0) is 0 Å². The molecule has 0 unspecified atom stereocenters. The van der Waals surface area contributed by atoms with E-state index in [4.69, 9.17) is 4.74 Å². The summed E-state index contributed by atoms with van der Waals surface area (Å²) in [5.41, 5.74) is 2.19. The summed E-state index contributed by atoms with van der Waals surface area (Å²) in [5, 5.41) is 2.82. The number of aromatic amines is 2. The molecule has 1 heterocycles. The first-order valence-corrected chi connectivity index (χ1v) is 7.77. The number of benzene rings is 2. The molecule has 0 fully saturated rings. The number of carbonyl (C=O) groups is 1. The molecule has 1 amide bonds. The molecule has 0 atom stereocenters. The minimum atomic E-state index is -0.275. The number of hydrogen-bond acceptors (Lipinski definition) is 3. The second-order valence-corrected chi connectivity index (χ2v) is 6.03. The maximum atomic E-state index is 12.4. The van der Waals surface area contributed by atoms with Crippen molar-refractivity contribution in [2.75, 3.05) is 11.9 Å². The number of fused-ring (bicyclic) bond motifs is 1. The quantitative estimate of drug-likeness (QED) is 0.673. The largest absolute Gasteiger partial charge is 0.493 e. The summed E-state index contributed by atoms with van der Waals surface area (Å²) in [6.07, 6.45) is 0. The van der Waals surface area contributed by atoms with Gasteiger partial charge in [-0.15, -0.1) is 0 Å². The van der Waals surface area contributed by atoms with Crippen LogP contribution in [0, 0.1) is 5.92 Å². The van der Waals surface area contributed by atoms with Crippen LogP contribution in [0.5, 0.6) is 5.75 Å². The number of aromatic nitrogens is 2. The lowest BCUT2D eigenvalue weighted by molar-refractivity contribution is 0.102. The number of hydrogen-bond donors (Lipinski definition) is 3. The molecule has 3 rings (SSSR count). The lowest BCUT2D eigenvalue weighted by atomic mass is 10.2. The number of imidazole rings is 1. The summed E-state index contributed by atoms with van der Waals surface area (Å²) in [7, 11) is 0. The van der Waals surface area contributed by atoms with Gasteiger partial charge in [0, 0.05) is 11.3 Å². The van der Waals surface area contributed by atoms with E-state index in [1.807, 2.05) is 6.07 Å². The van der Waals surface area contributed by atoms with Crippen molar-refractivity contribution in [2.24, 2.45) is 5.92 Å². The fourth-order valence-electron chi connectivity index (χ4n) is 2.30. The van der Waals surface area contributed by atoms with Gasteiger partial charge in [0.25, 0.3) is 5.91 Å². The number of anilines is 1. The molecule has 0 radical (unpaired) electrons. The Morgan fingerprint density at radius 1 is 1.12 bits per heavy atom. The van der Waals surface area contributed by atoms with E-state index >= 15 is 0 Å². The van der Waals surface area contributed by atoms with Crippen molar-refractivity contribution in [1.29, 1.82) is 0 Å². The van der Waals surface area contributed by atoms with Crippen molar-refractivity contribution >= 4 is 22.6 Å². The van der Waals surface area contributed by atoms with Crippen molar-refractivity contribution < 1.29 is 9.53 Å². The van der Waals surface area contributed by atoms with Crippen molar-refractivity contribution in [3.63, 3.8) is 0 Å². The Hall–Kier alpha value is -3.02. The third-order valence-corrected chi connectivity index (χ3v) is 3.45. The number of amides is 1. The van der Waals surface area contributed by atoms with E-state index < -0.39 is 0 Å². The first-order valence-electron chi connectivity index (χ1n) is 7.77. The van der Waals surface area contributed by atoms with E-state index in [1.54, 1.807) is 36.4 Å². The topological polar surface area (TPSA) is 87.0 Å². The fraction of sp³-hybridized carbons (Fsp3) is 0.222. The second-order valence-electron chi connectivity index (χ2n) is 6.03. The Labute approximate surface area is 138 Å². The van der Waals surface area contributed by atoms with Gasteiger partial charge in [0.1, 0.15) is 5.75 Å². The number of rotatable bonds is 5. The van der Waals surface area contributed by atoms with Crippen LogP contribution in [0.25, 0.3) is 11.0 Å². The maximum Gasteiger partial charge on any atom is 0.323 e. The zero-order chi connectivity index (χ0) is 17.1. The van der Waals surface area contributed by atoms with Gasteiger partial charge in [-0.3, -0.25) is 4.79 Å². The number of nitrogens with one attached hydrogen (secondary N) is 3. The third kappa shape index (κ3) is 3.65. The van der Waals surface area contributed by atoms with Gasteiger partial charge >= 0.3 is 5.69 Å². The number of H-pyrrole nitrogens is 2. The van der Waals surface area contributed by atoms with Crippen LogP contribution in [0.1, 0.15) is 24.2 Å². The van der Waals surface area contributed by atoms with Crippen LogP contribution < -0.4 is 15.7 Å². The first-order chi connectivity index (χ1) is 11.5. The Bertz CT molecular complexity index is 924. The summed E-state index contributed by atoms with van der Waals surface area (Å²) >= 11 is 0. The minimum absolute atomic E-state index is 0.234. The molecule has 6 nitrogen and oxygen atoms in total. The van der Waals surface area contributed by atoms with Gasteiger partial charge in [-0.1, -0.05) is 19.9 Å². The molecule has 2 aromatic carbocycles. The summed E-state index contributed by atoms with van der Waals surface area (Å²) in [6, 6.07) is 12.3. The molecule has 3 N–H and O–H groups in total. The Morgan fingerprint density at radius 3 is 2.71 bits per heavy atom. The molecular weight excluding hydrogens is 306 g/mol. The molecule has 1 aromatic heterocycles. The van der Waals surface area contributed by atoms with E-state index in [2.05, 4.69) is 29.1 Å². The zero-order valence-corrected chi connectivity index (χ0v) is 13.6. The fourth-order valence-corrected chi connectivity index (χ4v) is 2.30. The van der Waals surface area contributed by atoms with Crippen LogP contribution in [0.2, 0.25) is 0 Å². The average Bonchev–Trinajstić information content (AvgIpc) is 2.92. The zero-order valence-electron chi connectivity index (χ0n) is 13.6. The normalized spacial score (nSPS) is 11.0. The van der Waals surface area contributed by atoms with Crippen molar-refractivity contribution in [2.45, 2.75) is 13.8 Å². The summed E-state index contributed by atoms with van der Waals surface area (Å²) in [6.45, 7) is 4.73. The molecular formula is C18H19N3O3. The van der Waals surface area contributed by atoms with Gasteiger partial charge in [-0.2, -0.15) is 0 Å². The van der Waals surface area contributed by atoms with Crippen LogP contribution in [0.3, 0.4) is 0 Å². The van der Waals surface area contributed by atoms with Gasteiger partial charge in [0.05, 0.1) is 17.6 Å².